The lowest BCUT2D eigenvalue weighted by molar-refractivity contribution is -0.132. The molecular formula is C15H20N2O3. The second-order valence-electron chi connectivity index (χ2n) is 4.97. The van der Waals surface area contributed by atoms with E-state index < -0.39 is 0 Å². The topological polar surface area (TPSA) is 58.6 Å². The summed E-state index contributed by atoms with van der Waals surface area (Å²) in [5.41, 5.74) is 1.08. The van der Waals surface area contributed by atoms with Crippen LogP contribution in [0.2, 0.25) is 0 Å². The van der Waals surface area contributed by atoms with E-state index in [9.17, 15) is 9.59 Å². The summed E-state index contributed by atoms with van der Waals surface area (Å²) in [6.45, 7) is 3.54. The molecule has 2 amide bonds. The molecule has 1 aromatic rings. The number of ether oxygens (including phenoxy) is 1. The third-order valence-corrected chi connectivity index (χ3v) is 3.26. The molecule has 0 bridgehead atoms. The molecule has 1 heterocycles. The summed E-state index contributed by atoms with van der Waals surface area (Å²) in [5, 5.41) is 2.59. The Kier molecular flexibility index (Phi) is 4.98. The largest absolute Gasteiger partial charge is 0.484 e. The number of carbonyl (C=O) groups excluding carboxylic acids is 2. The van der Waals surface area contributed by atoms with E-state index in [2.05, 4.69) is 5.32 Å². The average Bonchev–Trinajstić information content (AvgIpc) is 2.97. The number of rotatable bonds is 5. The molecule has 0 aliphatic carbocycles. The SMILES string of the molecule is Cc1cccc(OCC(=O)NCC(=O)N2CCCC2)c1. The van der Waals surface area contributed by atoms with Crippen LogP contribution >= 0.6 is 0 Å². The monoisotopic (exact) mass is 276 g/mol. The second-order valence-corrected chi connectivity index (χ2v) is 4.97. The predicted octanol–water partition coefficient (Wildman–Crippen LogP) is 1.11. The van der Waals surface area contributed by atoms with E-state index in [1.807, 2.05) is 25.1 Å². The van der Waals surface area contributed by atoms with Crippen molar-refractivity contribution in [2.75, 3.05) is 26.2 Å². The van der Waals surface area contributed by atoms with Gasteiger partial charge in [-0.15, -0.1) is 0 Å². The smallest absolute Gasteiger partial charge is 0.258 e. The Labute approximate surface area is 118 Å². The van der Waals surface area contributed by atoms with Gasteiger partial charge in [0.05, 0.1) is 6.54 Å². The summed E-state index contributed by atoms with van der Waals surface area (Å²) in [6.07, 6.45) is 2.10. The van der Waals surface area contributed by atoms with E-state index in [-0.39, 0.29) is 25.0 Å². The Bertz CT molecular complexity index is 482. The van der Waals surface area contributed by atoms with Crippen LogP contribution in [0.5, 0.6) is 5.75 Å². The lowest BCUT2D eigenvalue weighted by Crippen LogP contribution is -2.40. The molecule has 0 spiro atoms. The molecule has 1 aromatic carbocycles. The van der Waals surface area contributed by atoms with Crippen molar-refractivity contribution in [1.82, 2.24) is 10.2 Å². The third kappa shape index (κ3) is 4.26. The van der Waals surface area contributed by atoms with Gasteiger partial charge in [0.1, 0.15) is 5.75 Å². The Morgan fingerprint density at radius 3 is 2.75 bits per heavy atom. The van der Waals surface area contributed by atoms with Crippen molar-refractivity contribution in [3.05, 3.63) is 29.8 Å². The van der Waals surface area contributed by atoms with E-state index in [4.69, 9.17) is 4.74 Å². The molecule has 0 atom stereocenters. The summed E-state index contributed by atoms with van der Waals surface area (Å²) in [7, 11) is 0. The molecule has 0 radical (unpaired) electrons. The lowest BCUT2D eigenvalue weighted by Gasteiger charge is -2.15. The molecule has 0 aromatic heterocycles. The van der Waals surface area contributed by atoms with Gasteiger partial charge in [-0.2, -0.15) is 0 Å². The van der Waals surface area contributed by atoms with Crippen LogP contribution in [-0.2, 0) is 9.59 Å². The maximum absolute atomic E-state index is 11.7. The van der Waals surface area contributed by atoms with Crippen LogP contribution in [-0.4, -0.2) is 43.0 Å². The van der Waals surface area contributed by atoms with Gasteiger partial charge in [0, 0.05) is 13.1 Å². The van der Waals surface area contributed by atoms with E-state index in [1.54, 1.807) is 11.0 Å². The predicted molar refractivity (Wildman–Crippen MR) is 75.5 cm³/mol. The fraction of sp³-hybridized carbons (Fsp3) is 0.467. The van der Waals surface area contributed by atoms with Gasteiger partial charge in [0.2, 0.25) is 5.91 Å². The first-order valence-corrected chi connectivity index (χ1v) is 6.89. The van der Waals surface area contributed by atoms with Crippen molar-refractivity contribution in [3.8, 4) is 5.75 Å². The molecule has 1 fully saturated rings. The van der Waals surface area contributed by atoms with Crippen LogP contribution in [0.1, 0.15) is 18.4 Å². The fourth-order valence-corrected chi connectivity index (χ4v) is 2.16. The van der Waals surface area contributed by atoms with Gasteiger partial charge in [0.25, 0.3) is 5.91 Å². The molecule has 1 saturated heterocycles. The van der Waals surface area contributed by atoms with Crippen LogP contribution in [0.25, 0.3) is 0 Å². The van der Waals surface area contributed by atoms with Crippen molar-refractivity contribution in [1.29, 1.82) is 0 Å². The Hall–Kier alpha value is -2.04. The lowest BCUT2D eigenvalue weighted by atomic mass is 10.2. The van der Waals surface area contributed by atoms with Gasteiger partial charge >= 0.3 is 0 Å². The highest BCUT2D eigenvalue weighted by Crippen LogP contribution is 2.11. The first-order chi connectivity index (χ1) is 9.65. The zero-order valence-electron chi connectivity index (χ0n) is 11.7. The minimum Gasteiger partial charge on any atom is -0.484 e. The number of hydrogen-bond acceptors (Lipinski definition) is 3. The minimum atomic E-state index is -0.279. The van der Waals surface area contributed by atoms with Gasteiger partial charge in [-0.3, -0.25) is 9.59 Å². The first-order valence-electron chi connectivity index (χ1n) is 6.89. The summed E-state index contributed by atoms with van der Waals surface area (Å²) in [5.74, 6) is 0.358. The van der Waals surface area contributed by atoms with Gasteiger partial charge in [-0.25, -0.2) is 0 Å². The second kappa shape index (κ2) is 6.93. The van der Waals surface area contributed by atoms with Crippen LogP contribution < -0.4 is 10.1 Å². The van der Waals surface area contributed by atoms with Crippen LogP contribution in [0.4, 0.5) is 0 Å². The highest BCUT2D eigenvalue weighted by Gasteiger charge is 2.18. The average molecular weight is 276 g/mol. The highest BCUT2D eigenvalue weighted by molar-refractivity contribution is 5.85. The Morgan fingerprint density at radius 1 is 1.30 bits per heavy atom. The number of nitrogens with one attached hydrogen (secondary N) is 1. The number of carbonyl (C=O) groups is 2. The molecule has 1 aliphatic heterocycles. The van der Waals surface area contributed by atoms with Crippen molar-refractivity contribution in [2.24, 2.45) is 0 Å². The number of aryl methyl sites for hydroxylation is 1. The van der Waals surface area contributed by atoms with Gasteiger partial charge < -0.3 is 15.0 Å². The fourth-order valence-electron chi connectivity index (χ4n) is 2.16. The zero-order chi connectivity index (χ0) is 14.4. The summed E-state index contributed by atoms with van der Waals surface area (Å²) >= 11 is 0. The first kappa shape index (κ1) is 14.4. The number of nitrogens with zero attached hydrogens (tertiary/aromatic N) is 1. The summed E-state index contributed by atoms with van der Waals surface area (Å²) in [4.78, 5) is 25.1. The molecule has 0 unspecified atom stereocenters. The van der Waals surface area contributed by atoms with Gasteiger partial charge in [0.15, 0.2) is 6.61 Å². The molecule has 2 rings (SSSR count). The Morgan fingerprint density at radius 2 is 2.05 bits per heavy atom. The van der Waals surface area contributed by atoms with Crippen molar-refractivity contribution in [2.45, 2.75) is 19.8 Å². The molecule has 0 saturated carbocycles. The summed E-state index contributed by atoms with van der Waals surface area (Å²) < 4.78 is 5.37. The van der Waals surface area contributed by atoms with E-state index >= 15 is 0 Å². The van der Waals surface area contributed by atoms with Crippen LogP contribution in [0.15, 0.2) is 24.3 Å². The van der Waals surface area contributed by atoms with Gasteiger partial charge in [-0.05, 0) is 37.5 Å². The molecule has 5 nitrogen and oxygen atoms in total. The Balaban J connectivity index is 1.69. The number of hydrogen-bond donors (Lipinski definition) is 1. The van der Waals surface area contributed by atoms with Crippen molar-refractivity contribution in [3.63, 3.8) is 0 Å². The molecular weight excluding hydrogens is 256 g/mol. The summed E-state index contributed by atoms with van der Waals surface area (Å²) in [6, 6.07) is 7.50. The maximum Gasteiger partial charge on any atom is 0.258 e. The highest BCUT2D eigenvalue weighted by atomic mass is 16.5. The van der Waals surface area contributed by atoms with E-state index in [0.29, 0.717) is 5.75 Å². The molecule has 5 heteroatoms. The quantitative estimate of drug-likeness (QED) is 0.876. The number of likely N-dealkylation sites (tertiary alicyclic amines) is 1. The molecule has 1 N–H and O–H groups in total. The molecule has 108 valence electrons. The normalized spacial score (nSPS) is 14.2. The number of benzene rings is 1. The van der Waals surface area contributed by atoms with E-state index in [0.717, 1.165) is 31.5 Å². The standard InChI is InChI=1S/C15H20N2O3/c1-12-5-4-6-13(9-12)20-11-14(18)16-10-15(19)17-7-2-3-8-17/h4-6,9H,2-3,7-8,10-11H2,1H3,(H,16,18). The molecule has 1 aliphatic rings. The minimum absolute atomic E-state index is 0.0218. The maximum atomic E-state index is 11.7. The van der Waals surface area contributed by atoms with Crippen molar-refractivity contribution >= 4 is 11.8 Å². The van der Waals surface area contributed by atoms with Crippen LogP contribution in [0, 0.1) is 6.92 Å². The van der Waals surface area contributed by atoms with Crippen molar-refractivity contribution < 1.29 is 14.3 Å². The third-order valence-electron chi connectivity index (χ3n) is 3.26. The van der Waals surface area contributed by atoms with Gasteiger partial charge in [-0.1, -0.05) is 12.1 Å². The van der Waals surface area contributed by atoms with E-state index in [1.165, 1.54) is 0 Å². The zero-order valence-corrected chi connectivity index (χ0v) is 11.7. The molecule has 20 heavy (non-hydrogen) atoms. The number of amides is 2. The van der Waals surface area contributed by atoms with Crippen LogP contribution in [0.3, 0.4) is 0 Å².